The molecule has 0 bridgehead atoms. The molecule has 1 aliphatic carbocycles. The van der Waals surface area contributed by atoms with Gasteiger partial charge in [-0.3, -0.25) is 4.79 Å². The summed E-state index contributed by atoms with van der Waals surface area (Å²) >= 11 is 0. The van der Waals surface area contributed by atoms with Crippen molar-refractivity contribution >= 4 is 5.91 Å². The summed E-state index contributed by atoms with van der Waals surface area (Å²) in [5.74, 6) is 0.464. The third kappa shape index (κ3) is 2.77. The number of rotatable bonds is 4. The maximum absolute atomic E-state index is 11.8. The Hall–Kier alpha value is -1.55. The summed E-state index contributed by atoms with van der Waals surface area (Å²) in [5.41, 5.74) is -1.16. The van der Waals surface area contributed by atoms with E-state index in [1.165, 1.54) is 6.26 Å². The molecule has 1 aromatic rings. The topological polar surface area (TPSA) is 62.5 Å². The Labute approximate surface area is 100 Å². The Morgan fingerprint density at radius 2 is 2.29 bits per heavy atom. The largest absolute Gasteiger partial charge is 0.466 e. The van der Waals surface area contributed by atoms with Crippen molar-refractivity contribution in [3.8, 4) is 0 Å². The van der Waals surface area contributed by atoms with Gasteiger partial charge in [-0.2, -0.15) is 0 Å². The van der Waals surface area contributed by atoms with Gasteiger partial charge in [0.1, 0.15) is 11.4 Å². The third-order valence-corrected chi connectivity index (χ3v) is 3.04. The van der Waals surface area contributed by atoms with E-state index in [1.54, 1.807) is 19.1 Å². The van der Waals surface area contributed by atoms with E-state index in [4.69, 9.17) is 4.42 Å². The molecule has 0 fully saturated rings. The zero-order valence-corrected chi connectivity index (χ0v) is 9.85. The molecular weight excluding hydrogens is 218 g/mol. The molecular formula is C13H17NO3. The van der Waals surface area contributed by atoms with Gasteiger partial charge in [0.05, 0.1) is 12.8 Å². The van der Waals surface area contributed by atoms with Crippen molar-refractivity contribution in [2.24, 2.45) is 5.92 Å². The standard InChI is InChI=1S/C13H17NO3/c1-13(16,11-7-4-8-17-11)9-14-12(15)10-5-2-3-6-10/h2-4,7-8,10,16H,5-6,9H2,1H3,(H,14,15). The number of nitrogens with one attached hydrogen (secondary N) is 1. The molecule has 92 valence electrons. The number of amides is 1. The Bertz CT molecular complexity index is 398. The predicted molar refractivity (Wildman–Crippen MR) is 63.2 cm³/mol. The van der Waals surface area contributed by atoms with Gasteiger partial charge in [0.2, 0.25) is 5.91 Å². The van der Waals surface area contributed by atoms with Crippen LogP contribution in [0.2, 0.25) is 0 Å². The summed E-state index contributed by atoms with van der Waals surface area (Å²) in [4.78, 5) is 11.8. The fourth-order valence-corrected chi connectivity index (χ4v) is 1.91. The fraction of sp³-hybridized carbons (Fsp3) is 0.462. The van der Waals surface area contributed by atoms with E-state index in [9.17, 15) is 9.90 Å². The highest BCUT2D eigenvalue weighted by molar-refractivity contribution is 5.79. The lowest BCUT2D eigenvalue weighted by Crippen LogP contribution is -2.40. The monoisotopic (exact) mass is 235 g/mol. The molecule has 1 aliphatic rings. The van der Waals surface area contributed by atoms with Gasteiger partial charge in [-0.15, -0.1) is 0 Å². The lowest BCUT2D eigenvalue weighted by molar-refractivity contribution is -0.126. The molecule has 2 N–H and O–H groups in total. The van der Waals surface area contributed by atoms with Crippen LogP contribution in [-0.4, -0.2) is 17.6 Å². The molecule has 1 unspecified atom stereocenters. The van der Waals surface area contributed by atoms with Gasteiger partial charge in [0.25, 0.3) is 0 Å². The fourth-order valence-electron chi connectivity index (χ4n) is 1.91. The predicted octanol–water partition coefficient (Wildman–Crippen LogP) is 1.57. The Morgan fingerprint density at radius 3 is 2.88 bits per heavy atom. The van der Waals surface area contributed by atoms with Crippen LogP contribution in [0.5, 0.6) is 0 Å². The van der Waals surface area contributed by atoms with Crippen LogP contribution in [0.15, 0.2) is 35.0 Å². The molecule has 0 saturated heterocycles. The van der Waals surface area contributed by atoms with Crippen molar-refractivity contribution in [3.05, 3.63) is 36.3 Å². The lowest BCUT2D eigenvalue weighted by atomic mass is 10.0. The van der Waals surface area contributed by atoms with E-state index < -0.39 is 5.60 Å². The number of hydrogen-bond acceptors (Lipinski definition) is 3. The molecule has 2 rings (SSSR count). The summed E-state index contributed by atoms with van der Waals surface area (Å²) in [6.45, 7) is 1.79. The molecule has 4 heteroatoms. The second-order valence-electron chi connectivity index (χ2n) is 4.61. The molecule has 0 spiro atoms. The summed E-state index contributed by atoms with van der Waals surface area (Å²) in [6, 6.07) is 3.41. The number of carbonyl (C=O) groups excluding carboxylic acids is 1. The molecule has 0 aliphatic heterocycles. The van der Waals surface area contributed by atoms with Gasteiger partial charge < -0.3 is 14.8 Å². The molecule has 1 heterocycles. The first kappa shape index (κ1) is 11.9. The van der Waals surface area contributed by atoms with Crippen LogP contribution in [-0.2, 0) is 10.4 Å². The maximum Gasteiger partial charge on any atom is 0.223 e. The zero-order valence-electron chi connectivity index (χ0n) is 9.85. The SMILES string of the molecule is CC(O)(CNC(=O)C1CC=CC1)c1ccco1. The van der Waals surface area contributed by atoms with Gasteiger partial charge in [0, 0.05) is 5.92 Å². The summed E-state index contributed by atoms with van der Waals surface area (Å²) in [6.07, 6.45) is 7.10. The second-order valence-corrected chi connectivity index (χ2v) is 4.61. The molecule has 0 saturated carbocycles. The van der Waals surface area contributed by atoms with E-state index in [-0.39, 0.29) is 18.4 Å². The molecule has 4 nitrogen and oxygen atoms in total. The number of allylic oxidation sites excluding steroid dienone is 2. The van der Waals surface area contributed by atoms with Crippen LogP contribution < -0.4 is 5.32 Å². The smallest absolute Gasteiger partial charge is 0.223 e. The molecule has 1 aromatic heterocycles. The zero-order chi connectivity index (χ0) is 12.3. The van der Waals surface area contributed by atoms with E-state index in [1.807, 2.05) is 12.2 Å². The summed E-state index contributed by atoms with van der Waals surface area (Å²) < 4.78 is 5.14. The summed E-state index contributed by atoms with van der Waals surface area (Å²) in [7, 11) is 0. The van der Waals surface area contributed by atoms with Crippen LogP contribution in [0.1, 0.15) is 25.5 Å². The van der Waals surface area contributed by atoms with Crippen molar-refractivity contribution in [1.82, 2.24) is 5.32 Å². The highest BCUT2D eigenvalue weighted by Gasteiger charge is 2.28. The molecule has 1 amide bonds. The van der Waals surface area contributed by atoms with Gasteiger partial charge in [-0.25, -0.2) is 0 Å². The number of aliphatic hydroxyl groups is 1. The average molecular weight is 235 g/mol. The van der Waals surface area contributed by atoms with E-state index in [0.717, 1.165) is 12.8 Å². The highest BCUT2D eigenvalue weighted by atomic mass is 16.4. The Kier molecular flexibility index (Phi) is 3.33. The van der Waals surface area contributed by atoms with E-state index in [2.05, 4.69) is 5.32 Å². The van der Waals surface area contributed by atoms with Crippen molar-refractivity contribution < 1.29 is 14.3 Å². The van der Waals surface area contributed by atoms with Crippen molar-refractivity contribution in [1.29, 1.82) is 0 Å². The van der Waals surface area contributed by atoms with Crippen LogP contribution in [0.25, 0.3) is 0 Å². The highest BCUT2D eigenvalue weighted by Crippen LogP contribution is 2.21. The van der Waals surface area contributed by atoms with Gasteiger partial charge >= 0.3 is 0 Å². The third-order valence-electron chi connectivity index (χ3n) is 3.04. The van der Waals surface area contributed by atoms with Crippen molar-refractivity contribution in [2.75, 3.05) is 6.54 Å². The van der Waals surface area contributed by atoms with Crippen molar-refractivity contribution in [3.63, 3.8) is 0 Å². The van der Waals surface area contributed by atoms with Crippen LogP contribution in [0, 0.1) is 5.92 Å². The first-order chi connectivity index (χ1) is 8.09. The summed E-state index contributed by atoms with van der Waals surface area (Å²) in [5, 5.41) is 12.9. The normalized spacial score (nSPS) is 19.2. The number of hydrogen-bond donors (Lipinski definition) is 2. The van der Waals surface area contributed by atoms with Crippen LogP contribution >= 0.6 is 0 Å². The van der Waals surface area contributed by atoms with Crippen LogP contribution in [0.4, 0.5) is 0 Å². The van der Waals surface area contributed by atoms with Gasteiger partial charge in [-0.1, -0.05) is 12.2 Å². The lowest BCUT2D eigenvalue weighted by Gasteiger charge is -2.22. The second kappa shape index (κ2) is 4.75. The Morgan fingerprint density at radius 1 is 1.59 bits per heavy atom. The minimum absolute atomic E-state index is 0.0122. The van der Waals surface area contributed by atoms with Crippen molar-refractivity contribution in [2.45, 2.75) is 25.4 Å². The molecule has 17 heavy (non-hydrogen) atoms. The first-order valence-corrected chi connectivity index (χ1v) is 5.79. The van der Waals surface area contributed by atoms with Crippen LogP contribution in [0.3, 0.4) is 0 Å². The maximum atomic E-state index is 11.8. The van der Waals surface area contributed by atoms with Gasteiger partial charge in [0.15, 0.2) is 0 Å². The quantitative estimate of drug-likeness (QED) is 0.779. The minimum atomic E-state index is -1.16. The number of carbonyl (C=O) groups is 1. The first-order valence-electron chi connectivity index (χ1n) is 5.79. The van der Waals surface area contributed by atoms with Gasteiger partial charge in [-0.05, 0) is 31.9 Å². The molecule has 0 radical (unpaired) electrons. The minimum Gasteiger partial charge on any atom is -0.466 e. The molecule has 0 aromatic carbocycles. The number of furan rings is 1. The average Bonchev–Trinajstić information content (AvgIpc) is 2.97. The molecule has 1 atom stereocenters. The van der Waals surface area contributed by atoms with E-state index >= 15 is 0 Å². The Balaban J connectivity index is 1.87. The van der Waals surface area contributed by atoms with E-state index in [0.29, 0.717) is 5.76 Å².